The first-order valence-corrected chi connectivity index (χ1v) is 22.1. The number of ether oxygens (including phenoxy) is 2. The molecule has 226 valence electrons. The van der Waals surface area contributed by atoms with Crippen LogP contribution in [0.4, 0.5) is 10.5 Å². The van der Waals surface area contributed by atoms with Crippen molar-refractivity contribution in [1.82, 2.24) is 14.8 Å². The van der Waals surface area contributed by atoms with Crippen molar-refractivity contribution in [3.63, 3.8) is 0 Å². The van der Waals surface area contributed by atoms with Gasteiger partial charge < -0.3 is 9.47 Å². The molecule has 2 heterocycles. The van der Waals surface area contributed by atoms with E-state index in [4.69, 9.17) is 14.6 Å². The van der Waals surface area contributed by atoms with Gasteiger partial charge in [0, 0.05) is 51.2 Å². The van der Waals surface area contributed by atoms with Crippen molar-refractivity contribution in [3.05, 3.63) is 89.4 Å². The molecule has 1 amide bonds. The molecule has 0 aliphatic rings. The number of hydrogen-bond acceptors (Lipinski definition) is 6. The molecule has 0 atom stereocenters. The number of benzene rings is 2. The van der Waals surface area contributed by atoms with Crippen LogP contribution in [0, 0.1) is 0 Å². The SMILES string of the molecule is C[Si](C)(C)CCOCn1nc(/C=C/c2ccccn2)c2ccc(C(=O)c3cccc(NC(=O)OCC[Si](C)(C)C)c3)cc21. The number of fused-ring (bicyclic) bond motifs is 1. The molecule has 1 N–H and O–H groups in total. The maximum Gasteiger partial charge on any atom is 0.411 e. The van der Waals surface area contributed by atoms with E-state index in [0.717, 1.165) is 34.4 Å². The molecule has 43 heavy (non-hydrogen) atoms. The molecule has 2 aromatic heterocycles. The number of aromatic nitrogens is 3. The van der Waals surface area contributed by atoms with Crippen LogP contribution in [-0.4, -0.2) is 56.0 Å². The summed E-state index contributed by atoms with van der Waals surface area (Å²) in [6.07, 6.45) is 5.09. The Balaban J connectivity index is 1.56. The summed E-state index contributed by atoms with van der Waals surface area (Å²) < 4.78 is 13.2. The summed E-state index contributed by atoms with van der Waals surface area (Å²) >= 11 is 0. The molecule has 4 rings (SSSR count). The fourth-order valence-electron chi connectivity index (χ4n) is 4.24. The second kappa shape index (κ2) is 14.1. The van der Waals surface area contributed by atoms with Crippen molar-refractivity contribution in [2.24, 2.45) is 0 Å². The van der Waals surface area contributed by atoms with Crippen LogP contribution in [0.2, 0.25) is 51.4 Å². The maximum absolute atomic E-state index is 13.6. The highest BCUT2D eigenvalue weighted by Gasteiger charge is 2.17. The zero-order valence-corrected chi connectivity index (χ0v) is 28.0. The number of rotatable bonds is 13. The number of amides is 1. The Labute approximate surface area is 256 Å². The summed E-state index contributed by atoms with van der Waals surface area (Å²) in [4.78, 5) is 30.3. The number of carbonyl (C=O) groups is 2. The van der Waals surface area contributed by atoms with E-state index >= 15 is 0 Å². The normalized spacial score (nSPS) is 12.1. The zero-order valence-electron chi connectivity index (χ0n) is 26.0. The summed E-state index contributed by atoms with van der Waals surface area (Å²) in [7, 11) is -2.54. The fourth-order valence-corrected chi connectivity index (χ4v) is 5.71. The predicted octanol–water partition coefficient (Wildman–Crippen LogP) is 8.03. The Morgan fingerprint density at radius 1 is 0.860 bits per heavy atom. The van der Waals surface area contributed by atoms with E-state index in [-0.39, 0.29) is 12.5 Å². The highest BCUT2D eigenvalue weighted by atomic mass is 28.3. The second-order valence-electron chi connectivity index (χ2n) is 13.0. The minimum Gasteiger partial charge on any atom is -0.450 e. The van der Waals surface area contributed by atoms with Crippen LogP contribution in [-0.2, 0) is 16.2 Å². The largest absolute Gasteiger partial charge is 0.450 e. The monoisotopic (exact) mass is 614 g/mol. The Bertz CT molecular complexity index is 1590. The van der Waals surface area contributed by atoms with Crippen LogP contribution in [0.1, 0.15) is 27.3 Å². The van der Waals surface area contributed by atoms with Crippen molar-refractivity contribution in [3.8, 4) is 0 Å². The molecule has 4 aromatic rings. The van der Waals surface area contributed by atoms with Gasteiger partial charge in [0.05, 0.1) is 23.5 Å². The average molecular weight is 615 g/mol. The van der Waals surface area contributed by atoms with Gasteiger partial charge in [-0.3, -0.25) is 15.1 Å². The van der Waals surface area contributed by atoms with Gasteiger partial charge in [0.2, 0.25) is 0 Å². The van der Waals surface area contributed by atoms with Crippen molar-refractivity contribution in [2.45, 2.75) is 58.1 Å². The summed E-state index contributed by atoms with van der Waals surface area (Å²) in [6, 6.07) is 20.2. The van der Waals surface area contributed by atoms with E-state index in [1.165, 1.54) is 0 Å². The Morgan fingerprint density at radius 3 is 2.33 bits per heavy atom. The van der Waals surface area contributed by atoms with E-state index in [1.807, 2.05) is 53.2 Å². The van der Waals surface area contributed by atoms with Crippen LogP contribution in [0.5, 0.6) is 0 Å². The van der Waals surface area contributed by atoms with E-state index in [2.05, 4.69) is 49.6 Å². The average Bonchev–Trinajstić information content (AvgIpc) is 3.30. The van der Waals surface area contributed by atoms with Crippen molar-refractivity contribution < 1.29 is 19.1 Å². The first-order valence-electron chi connectivity index (χ1n) is 14.6. The number of nitrogens with one attached hydrogen (secondary N) is 1. The Morgan fingerprint density at radius 2 is 1.60 bits per heavy atom. The lowest BCUT2D eigenvalue weighted by Crippen LogP contribution is -2.24. The molecule has 0 fully saturated rings. The predicted molar refractivity (Wildman–Crippen MR) is 180 cm³/mol. The van der Waals surface area contributed by atoms with Crippen LogP contribution < -0.4 is 5.32 Å². The third-order valence-electron chi connectivity index (χ3n) is 6.81. The number of anilines is 1. The van der Waals surface area contributed by atoms with Crippen molar-refractivity contribution in [2.75, 3.05) is 18.5 Å². The van der Waals surface area contributed by atoms with Crippen LogP contribution >= 0.6 is 0 Å². The summed E-state index contributed by atoms with van der Waals surface area (Å²) in [5.74, 6) is -0.157. The summed E-state index contributed by atoms with van der Waals surface area (Å²) in [5.41, 5.74) is 3.90. The zero-order chi connectivity index (χ0) is 31.0. The molecule has 8 nitrogen and oxygen atoms in total. The van der Waals surface area contributed by atoms with E-state index in [1.54, 1.807) is 30.5 Å². The maximum atomic E-state index is 13.6. The number of carbonyl (C=O) groups excluding carboxylic acids is 2. The first kappa shape index (κ1) is 32.1. The standard InChI is InChI=1S/C33H42N4O4Si2/c1-42(2,3)20-18-40-24-37-31-23-26(13-15-29(31)30(36-37)16-14-27-11-7-8-17-34-27)32(38)25-10-9-12-28(22-25)35-33(39)41-19-21-43(4,5)6/h7-17,22-23H,18-21,24H2,1-6H3,(H,35,39)/b16-14+. The smallest absolute Gasteiger partial charge is 0.411 e. The summed E-state index contributed by atoms with van der Waals surface area (Å²) in [5, 5.41) is 8.47. The lowest BCUT2D eigenvalue weighted by atomic mass is 10.0. The molecular formula is C33H42N4O4Si2. The quantitative estimate of drug-likeness (QED) is 0.0931. The summed E-state index contributed by atoms with van der Waals surface area (Å²) in [6.45, 7) is 15.0. The Kier molecular flexibility index (Phi) is 10.5. The highest BCUT2D eigenvalue weighted by molar-refractivity contribution is 6.76. The molecule has 10 heteroatoms. The van der Waals surface area contributed by atoms with Gasteiger partial charge in [-0.1, -0.05) is 63.5 Å². The lowest BCUT2D eigenvalue weighted by Gasteiger charge is -2.15. The van der Waals surface area contributed by atoms with Crippen molar-refractivity contribution in [1.29, 1.82) is 0 Å². The molecule has 2 aromatic carbocycles. The third kappa shape index (κ3) is 9.84. The van der Waals surface area contributed by atoms with Gasteiger partial charge in [-0.05, 0) is 60.6 Å². The first-order chi connectivity index (χ1) is 20.4. The number of nitrogens with zero attached hydrogens (tertiary/aromatic N) is 3. The van der Waals surface area contributed by atoms with Gasteiger partial charge in [-0.2, -0.15) is 5.10 Å². The van der Waals surface area contributed by atoms with Gasteiger partial charge in [0.1, 0.15) is 6.73 Å². The molecule has 0 aliphatic heterocycles. The number of ketones is 1. The molecule has 0 aliphatic carbocycles. The molecule has 0 saturated carbocycles. The van der Waals surface area contributed by atoms with Gasteiger partial charge >= 0.3 is 6.09 Å². The fraction of sp³-hybridized carbons (Fsp3) is 0.333. The van der Waals surface area contributed by atoms with Crippen LogP contribution in [0.3, 0.4) is 0 Å². The molecule has 0 unspecified atom stereocenters. The Hall–Kier alpha value is -3.87. The minimum atomic E-state index is -1.31. The molecule has 0 radical (unpaired) electrons. The second-order valence-corrected chi connectivity index (χ2v) is 24.3. The van der Waals surface area contributed by atoms with E-state index in [0.29, 0.717) is 30.0 Å². The van der Waals surface area contributed by atoms with Crippen LogP contribution in [0.15, 0.2) is 66.9 Å². The minimum absolute atomic E-state index is 0.157. The van der Waals surface area contributed by atoms with Gasteiger partial charge in [-0.15, -0.1) is 0 Å². The topological polar surface area (TPSA) is 95.3 Å². The van der Waals surface area contributed by atoms with E-state index < -0.39 is 22.2 Å². The van der Waals surface area contributed by atoms with Crippen LogP contribution in [0.25, 0.3) is 23.1 Å². The van der Waals surface area contributed by atoms with Gasteiger partial charge in [0.25, 0.3) is 0 Å². The number of hydrogen-bond donors (Lipinski definition) is 1. The van der Waals surface area contributed by atoms with Gasteiger partial charge in [0.15, 0.2) is 5.78 Å². The molecule has 0 saturated heterocycles. The lowest BCUT2D eigenvalue weighted by molar-refractivity contribution is 0.0816. The molecule has 0 bridgehead atoms. The number of pyridine rings is 1. The van der Waals surface area contributed by atoms with Crippen molar-refractivity contribution >= 4 is 56.8 Å². The third-order valence-corrected chi connectivity index (χ3v) is 10.2. The highest BCUT2D eigenvalue weighted by Crippen LogP contribution is 2.25. The van der Waals surface area contributed by atoms with Gasteiger partial charge in [-0.25, -0.2) is 9.48 Å². The van der Waals surface area contributed by atoms with E-state index in [9.17, 15) is 9.59 Å². The molecular weight excluding hydrogens is 573 g/mol. The molecule has 0 spiro atoms.